The van der Waals surface area contributed by atoms with Gasteiger partial charge in [0.2, 0.25) is 0 Å². The molecule has 1 atom stereocenters. The van der Waals surface area contributed by atoms with Gasteiger partial charge in [-0.05, 0) is 51.3 Å². The summed E-state index contributed by atoms with van der Waals surface area (Å²) in [5.41, 5.74) is 5.29. The normalized spacial score (nSPS) is 23.7. The van der Waals surface area contributed by atoms with Crippen molar-refractivity contribution in [1.82, 2.24) is 5.32 Å². The lowest BCUT2D eigenvalue weighted by Crippen LogP contribution is -2.47. The molecular weight excluding hydrogens is 210 g/mol. The number of hydrogen-bond acceptors (Lipinski definition) is 2. The molecule has 0 bridgehead atoms. The predicted octanol–water partition coefficient (Wildman–Crippen LogP) is 3.05. The quantitative estimate of drug-likeness (QED) is 0.805. The van der Waals surface area contributed by atoms with Crippen LogP contribution in [0.1, 0.15) is 42.2 Å². The van der Waals surface area contributed by atoms with Gasteiger partial charge >= 0.3 is 0 Å². The van der Waals surface area contributed by atoms with Gasteiger partial charge in [0.15, 0.2) is 0 Å². The maximum absolute atomic E-state index is 6.20. The highest BCUT2D eigenvalue weighted by Crippen LogP contribution is 2.31. The van der Waals surface area contributed by atoms with Crippen LogP contribution in [0, 0.1) is 20.8 Å². The van der Waals surface area contributed by atoms with E-state index in [1.54, 1.807) is 0 Å². The minimum absolute atomic E-state index is 0.0767. The van der Waals surface area contributed by atoms with Crippen molar-refractivity contribution >= 4 is 0 Å². The van der Waals surface area contributed by atoms with Gasteiger partial charge in [0, 0.05) is 13.1 Å². The first kappa shape index (κ1) is 12.6. The Morgan fingerprint density at radius 1 is 1.18 bits per heavy atom. The number of morpholine rings is 1. The van der Waals surface area contributed by atoms with Gasteiger partial charge in [-0.15, -0.1) is 0 Å². The molecule has 0 aromatic heterocycles. The van der Waals surface area contributed by atoms with Crippen LogP contribution in [0.5, 0.6) is 0 Å². The molecule has 1 unspecified atom stereocenters. The lowest BCUT2D eigenvalue weighted by Gasteiger charge is -2.38. The van der Waals surface area contributed by atoms with E-state index >= 15 is 0 Å². The first-order chi connectivity index (χ1) is 7.89. The molecule has 2 rings (SSSR count). The number of nitrogens with one attached hydrogen (secondary N) is 1. The Balaban J connectivity index is 2.34. The third-order valence-corrected chi connectivity index (χ3v) is 3.40. The number of benzene rings is 1. The van der Waals surface area contributed by atoms with Crippen molar-refractivity contribution < 1.29 is 4.74 Å². The molecule has 1 aliphatic heterocycles. The molecule has 1 heterocycles. The Kier molecular flexibility index (Phi) is 3.28. The first-order valence-electron chi connectivity index (χ1n) is 6.35. The third-order valence-electron chi connectivity index (χ3n) is 3.40. The van der Waals surface area contributed by atoms with Crippen molar-refractivity contribution in [3.05, 3.63) is 34.4 Å². The Labute approximate surface area is 104 Å². The standard InChI is InChI=1S/C15H23NO/c1-10-6-11(2)14(12(3)7-10)13-8-16-9-15(4,5)17-13/h6-7,13,16H,8-9H2,1-5H3. The predicted molar refractivity (Wildman–Crippen MR) is 71.4 cm³/mol. The second-order valence-corrected chi connectivity index (χ2v) is 5.81. The van der Waals surface area contributed by atoms with E-state index < -0.39 is 0 Å². The van der Waals surface area contributed by atoms with E-state index in [1.807, 2.05) is 0 Å². The van der Waals surface area contributed by atoms with Crippen LogP contribution in [0.25, 0.3) is 0 Å². The van der Waals surface area contributed by atoms with Crippen molar-refractivity contribution in [1.29, 1.82) is 0 Å². The van der Waals surface area contributed by atoms with Crippen LogP contribution in [0.4, 0.5) is 0 Å². The fraction of sp³-hybridized carbons (Fsp3) is 0.600. The van der Waals surface area contributed by atoms with E-state index in [2.05, 4.69) is 52.1 Å². The summed E-state index contributed by atoms with van der Waals surface area (Å²) in [6.07, 6.45) is 0.180. The summed E-state index contributed by atoms with van der Waals surface area (Å²) in [7, 11) is 0. The van der Waals surface area contributed by atoms with Crippen molar-refractivity contribution in [2.24, 2.45) is 0 Å². The Morgan fingerprint density at radius 2 is 1.76 bits per heavy atom. The zero-order valence-corrected chi connectivity index (χ0v) is 11.6. The summed E-state index contributed by atoms with van der Waals surface area (Å²) in [5, 5.41) is 3.47. The molecule has 1 aliphatic rings. The molecule has 94 valence electrons. The summed E-state index contributed by atoms with van der Waals surface area (Å²) in [6, 6.07) is 4.49. The van der Waals surface area contributed by atoms with Crippen LogP contribution < -0.4 is 5.32 Å². The molecule has 1 aromatic rings. The average molecular weight is 233 g/mol. The Bertz CT molecular complexity index is 400. The lowest BCUT2D eigenvalue weighted by atomic mass is 9.93. The monoisotopic (exact) mass is 233 g/mol. The van der Waals surface area contributed by atoms with E-state index in [0.29, 0.717) is 0 Å². The summed E-state index contributed by atoms with van der Waals surface area (Å²) in [4.78, 5) is 0. The average Bonchev–Trinajstić information content (AvgIpc) is 2.13. The van der Waals surface area contributed by atoms with Gasteiger partial charge in [0.25, 0.3) is 0 Å². The van der Waals surface area contributed by atoms with Crippen LogP contribution >= 0.6 is 0 Å². The number of aryl methyl sites for hydroxylation is 3. The lowest BCUT2D eigenvalue weighted by molar-refractivity contribution is -0.0962. The molecule has 1 aromatic carbocycles. The van der Waals surface area contributed by atoms with Gasteiger partial charge in [-0.2, -0.15) is 0 Å². The molecule has 0 aliphatic carbocycles. The fourth-order valence-corrected chi connectivity index (χ4v) is 2.83. The van der Waals surface area contributed by atoms with Crippen molar-refractivity contribution in [3.63, 3.8) is 0 Å². The Hall–Kier alpha value is -0.860. The van der Waals surface area contributed by atoms with Crippen molar-refractivity contribution in [2.45, 2.75) is 46.3 Å². The van der Waals surface area contributed by atoms with Gasteiger partial charge in [-0.1, -0.05) is 17.7 Å². The van der Waals surface area contributed by atoms with E-state index in [-0.39, 0.29) is 11.7 Å². The maximum atomic E-state index is 6.20. The van der Waals surface area contributed by atoms with E-state index in [4.69, 9.17) is 4.74 Å². The highest BCUT2D eigenvalue weighted by atomic mass is 16.5. The molecule has 0 saturated carbocycles. The SMILES string of the molecule is Cc1cc(C)c(C2CNCC(C)(C)O2)c(C)c1. The fourth-order valence-electron chi connectivity index (χ4n) is 2.83. The molecule has 1 saturated heterocycles. The number of hydrogen-bond donors (Lipinski definition) is 1. The second-order valence-electron chi connectivity index (χ2n) is 5.81. The van der Waals surface area contributed by atoms with E-state index in [9.17, 15) is 0 Å². The summed E-state index contributed by atoms with van der Waals surface area (Å²) in [6.45, 7) is 12.6. The summed E-state index contributed by atoms with van der Waals surface area (Å²) in [5.74, 6) is 0. The molecule has 2 nitrogen and oxygen atoms in total. The molecule has 1 N–H and O–H groups in total. The van der Waals surface area contributed by atoms with Gasteiger partial charge in [0.1, 0.15) is 0 Å². The van der Waals surface area contributed by atoms with Crippen LogP contribution in [0.2, 0.25) is 0 Å². The molecular formula is C15H23NO. The second kappa shape index (κ2) is 4.43. The minimum atomic E-state index is -0.0767. The van der Waals surface area contributed by atoms with Crippen LogP contribution in [0.15, 0.2) is 12.1 Å². The van der Waals surface area contributed by atoms with Crippen LogP contribution in [-0.2, 0) is 4.74 Å². The van der Waals surface area contributed by atoms with Crippen LogP contribution in [-0.4, -0.2) is 18.7 Å². The van der Waals surface area contributed by atoms with Gasteiger partial charge in [-0.25, -0.2) is 0 Å². The van der Waals surface area contributed by atoms with Gasteiger partial charge < -0.3 is 10.1 Å². The molecule has 0 amide bonds. The topological polar surface area (TPSA) is 21.3 Å². The highest BCUT2D eigenvalue weighted by molar-refractivity contribution is 5.39. The van der Waals surface area contributed by atoms with Crippen LogP contribution in [0.3, 0.4) is 0 Å². The van der Waals surface area contributed by atoms with Crippen molar-refractivity contribution in [3.8, 4) is 0 Å². The van der Waals surface area contributed by atoms with Crippen molar-refractivity contribution in [2.75, 3.05) is 13.1 Å². The maximum Gasteiger partial charge on any atom is 0.0962 e. The zero-order valence-electron chi connectivity index (χ0n) is 11.6. The van der Waals surface area contributed by atoms with Gasteiger partial charge in [0.05, 0.1) is 11.7 Å². The molecule has 0 spiro atoms. The summed E-state index contributed by atoms with van der Waals surface area (Å²) >= 11 is 0. The molecule has 2 heteroatoms. The molecule has 17 heavy (non-hydrogen) atoms. The van der Waals surface area contributed by atoms with Gasteiger partial charge in [-0.3, -0.25) is 0 Å². The largest absolute Gasteiger partial charge is 0.365 e. The van der Waals surface area contributed by atoms with E-state index in [0.717, 1.165) is 13.1 Å². The number of rotatable bonds is 1. The summed E-state index contributed by atoms with van der Waals surface area (Å²) < 4.78 is 6.20. The first-order valence-corrected chi connectivity index (χ1v) is 6.35. The number of ether oxygens (including phenoxy) is 1. The zero-order chi connectivity index (χ0) is 12.6. The highest BCUT2D eigenvalue weighted by Gasteiger charge is 2.30. The molecule has 0 radical (unpaired) electrons. The smallest absolute Gasteiger partial charge is 0.0962 e. The van der Waals surface area contributed by atoms with E-state index in [1.165, 1.54) is 22.3 Å². The minimum Gasteiger partial charge on any atom is -0.365 e. The third kappa shape index (κ3) is 2.70. The molecule has 1 fully saturated rings. The Morgan fingerprint density at radius 3 is 2.29 bits per heavy atom.